The van der Waals surface area contributed by atoms with Gasteiger partial charge < -0.3 is 35.1 Å². The van der Waals surface area contributed by atoms with Crippen molar-refractivity contribution in [3.63, 3.8) is 0 Å². The normalized spacial score (nSPS) is 16.7. The van der Waals surface area contributed by atoms with Gasteiger partial charge in [-0.05, 0) is 42.2 Å². The molecule has 0 saturated carbocycles. The third-order valence-corrected chi connectivity index (χ3v) is 8.27. The van der Waals surface area contributed by atoms with Gasteiger partial charge in [0.25, 0.3) is 0 Å². The predicted molar refractivity (Wildman–Crippen MR) is 155 cm³/mol. The molecule has 3 rings (SSSR count). The number of carbonyl (C=O) groups excluding carboxylic acids is 2. The number of ether oxygens (including phenoxy) is 4. The number of hydrogen-bond donors (Lipinski definition) is 3. The molecule has 1 heterocycles. The summed E-state index contributed by atoms with van der Waals surface area (Å²) < 4.78 is 50.6. The summed E-state index contributed by atoms with van der Waals surface area (Å²) in [6, 6.07) is 14.2. The molecule has 2 aromatic carbocycles. The molecule has 1 amide bonds. The third kappa shape index (κ3) is 10.6. The molecule has 4 N–H and O–H groups in total. The highest BCUT2D eigenvalue weighted by Crippen LogP contribution is 2.22. The zero-order valence-corrected chi connectivity index (χ0v) is 24.8. The lowest BCUT2D eigenvalue weighted by Crippen LogP contribution is -2.53. The van der Waals surface area contributed by atoms with E-state index < -0.39 is 46.9 Å². The monoisotopic (exact) mass is 607 g/mol. The van der Waals surface area contributed by atoms with E-state index in [1.807, 2.05) is 44.2 Å². The second-order valence-corrected chi connectivity index (χ2v) is 12.4. The number of hydrogen-bond acceptors (Lipinski definition) is 10. The zero-order valence-electron chi connectivity index (χ0n) is 24.0. The van der Waals surface area contributed by atoms with Gasteiger partial charge in [-0.25, -0.2) is 18.0 Å². The van der Waals surface area contributed by atoms with E-state index in [0.717, 1.165) is 5.56 Å². The van der Waals surface area contributed by atoms with Crippen LogP contribution in [0.2, 0.25) is 0 Å². The van der Waals surface area contributed by atoms with Crippen molar-refractivity contribution in [1.29, 1.82) is 0 Å². The molecule has 12 nitrogen and oxygen atoms in total. The van der Waals surface area contributed by atoms with Gasteiger partial charge in [-0.3, -0.25) is 0 Å². The van der Waals surface area contributed by atoms with Crippen LogP contribution in [0.1, 0.15) is 25.8 Å². The Labute approximate surface area is 247 Å². The summed E-state index contributed by atoms with van der Waals surface area (Å²) >= 11 is 0. The van der Waals surface area contributed by atoms with Gasteiger partial charge in [0.1, 0.15) is 18.8 Å². The van der Waals surface area contributed by atoms with Gasteiger partial charge in [-0.1, -0.05) is 44.2 Å². The fourth-order valence-electron chi connectivity index (χ4n) is 4.42. The quantitative estimate of drug-likeness (QED) is 0.146. The average molecular weight is 608 g/mol. The number of nitrogens with one attached hydrogen (secondary N) is 1. The van der Waals surface area contributed by atoms with Crippen molar-refractivity contribution in [2.75, 3.05) is 51.9 Å². The Bertz CT molecular complexity index is 1220. The highest BCUT2D eigenvalue weighted by Gasteiger charge is 2.35. The number of alkyl carbamates (subject to hydrolysis) is 1. The van der Waals surface area contributed by atoms with Gasteiger partial charge in [0, 0.05) is 18.7 Å². The number of nitrogens with zero attached hydrogens (tertiary/aromatic N) is 1. The molecule has 0 bridgehead atoms. The Kier molecular flexibility index (Phi) is 13.0. The molecule has 1 fully saturated rings. The Morgan fingerprint density at radius 1 is 1.12 bits per heavy atom. The Morgan fingerprint density at radius 3 is 2.45 bits per heavy atom. The second-order valence-electron chi connectivity index (χ2n) is 10.4. The van der Waals surface area contributed by atoms with E-state index in [1.54, 1.807) is 0 Å². The maximum Gasteiger partial charge on any atom is 0.407 e. The first-order valence-electron chi connectivity index (χ1n) is 13.9. The summed E-state index contributed by atoms with van der Waals surface area (Å²) in [6.07, 6.45) is -1.52. The highest BCUT2D eigenvalue weighted by molar-refractivity contribution is 7.89. The van der Waals surface area contributed by atoms with E-state index in [-0.39, 0.29) is 50.1 Å². The summed E-state index contributed by atoms with van der Waals surface area (Å²) in [5.41, 5.74) is 7.01. The molecule has 2 aromatic rings. The van der Waals surface area contributed by atoms with Gasteiger partial charge in [0.05, 0.1) is 43.9 Å². The molecule has 0 aromatic heterocycles. The lowest BCUT2D eigenvalue weighted by Gasteiger charge is -2.33. The van der Waals surface area contributed by atoms with Crippen molar-refractivity contribution in [3.05, 3.63) is 60.2 Å². The number of anilines is 1. The number of benzene rings is 2. The fourth-order valence-corrected chi connectivity index (χ4v) is 6.04. The first kappa shape index (κ1) is 33.3. The number of sulfonamides is 1. The number of aliphatic hydroxyl groups is 1. The standard InChI is InChI=1S/C29H41N3O9S/c1-21(2)17-32(42(36,37)25-10-8-23(30)9-11-25)18-27(41-28(34)20-39-15-13-33)26(16-22-6-4-3-5-7-22)31-29(35)40-24-12-14-38-19-24/h3-11,21,24,26-27,33H,12-20,30H2,1-2H3,(H,31,35)/t24-,26-,27+/m0/s1. The number of nitrogens with two attached hydrogens (primary N) is 1. The predicted octanol–water partition coefficient (Wildman–Crippen LogP) is 1.96. The SMILES string of the molecule is CC(C)CN(C[C@@H](OC(=O)COCCO)[C@H](Cc1ccccc1)NC(=O)O[C@H]1CCOC1)S(=O)(=O)c1ccc(N)cc1. The molecular weight excluding hydrogens is 566 g/mol. The van der Waals surface area contributed by atoms with E-state index in [0.29, 0.717) is 18.7 Å². The molecule has 42 heavy (non-hydrogen) atoms. The Morgan fingerprint density at radius 2 is 1.83 bits per heavy atom. The second kappa shape index (κ2) is 16.4. The molecule has 232 valence electrons. The summed E-state index contributed by atoms with van der Waals surface area (Å²) in [6.45, 7) is 3.52. The van der Waals surface area contributed by atoms with Gasteiger partial charge in [0.2, 0.25) is 10.0 Å². The Hall–Kier alpha value is -3.23. The number of aliphatic hydroxyl groups excluding tert-OH is 1. The molecule has 3 atom stereocenters. The molecule has 1 aliphatic rings. The summed E-state index contributed by atoms with van der Waals surface area (Å²) in [5, 5.41) is 11.8. The van der Waals surface area contributed by atoms with Gasteiger partial charge in [0.15, 0.2) is 0 Å². The Balaban J connectivity index is 1.95. The van der Waals surface area contributed by atoms with E-state index in [1.165, 1.54) is 28.6 Å². The molecule has 1 saturated heterocycles. The lowest BCUT2D eigenvalue weighted by molar-refractivity contribution is -0.156. The van der Waals surface area contributed by atoms with Crippen molar-refractivity contribution < 1.29 is 42.1 Å². The number of carbonyl (C=O) groups is 2. The first-order valence-corrected chi connectivity index (χ1v) is 15.3. The van der Waals surface area contributed by atoms with E-state index >= 15 is 0 Å². The zero-order chi connectivity index (χ0) is 30.5. The molecule has 0 spiro atoms. The van der Waals surface area contributed by atoms with Crippen molar-refractivity contribution in [2.45, 2.75) is 49.8 Å². The van der Waals surface area contributed by atoms with E-state index in [2.05, 4.69) is 5.32 Å². The van der Waals surface area contributed by atoms with Crippen molar-refractivity contribution in [3.8, 4) is 0 Å². The summed E-state index contributed by atoms with van der Waals surface area (Å²) in [7, 11) is -4.06. The van der Waals surface area contributed by atoms with E-state index in [4.69, 9.17) is 29.8 Å². The minimum Gasteiger partial charge on any atom is -0.457 e. The topological polar surface area (TPSA) is 167 Å². The van der Waals surface area contributed by atoms with Gasteiger partial charge in [-0.2, -0.15) is 4.31 Å². The summed E-state index contributed by atoms with van der Waals surface area (Å²) in [5.74, 6) is -0.856. The van der Waals surface area contributed by atoms with Crippen LogP contribution in [-0.4, -0.2) is 94.3 Å². The van der Waals surface area contributed by atoms with Gasteiger partial charge in [-0.15, -0.1) is 0 Å². The van der Waals surface area contributed by atoms with Crippen LogP contribution in [0.3, 0.4) is 0 Å². The maximum atomic E-state index is 13.8. The van der Waals surface area contributed by atoms with Crippen LogP contribution in [0.5, 0.6) is 0 Å². The molecule has 0 radical (unpaired) electrons. The third-order valence-electron chi connectivity index (χ3n) is 6.42. The van der Waals surface area contributed by atoms with Crippen LogP contribution >= 0.6 is 0 Å². The molecule has 13 heteroatoms. The molecular formula is C29H41N3O9S. The van der Waals surface area contributed by atoms with Crippen LogP contribution in [0.15, 0.2) is 59.5 Å². The first-order chi connectivity index (χ1) is 20.1. The maximum absolute atomic E-state index is 13.8. The fraction of sp³-hybridized carbons (Fsp3) is 0.517. The molecule has 0 aliphatic carbocycles. The largest absolute Gasteiger partial charge is 0.457 e. The number of esters is 1. The lowest BCUT2D eigenvalue weighted by atomic mass is 10.0. The number of rotatable bonds is 16. The van der Waals surface area contributed by atoms with Crippen molar-refractivity contribution in [2.24, 2.45) is 5.92 Å². The van der Waals surface area contributed by atoms with Crippen LogP contribution < -0.4 is 11.1 Å². The number of amides is 1. The van der Waals surface area contributed by atoms with Crippen molar-refractivity contribution >= 4 is 27.8 Å². The number of nitrogen functional groups attached to an aromatic ring is 1. The van der Waals surface area contributed by atoms with Crippen LogP contribution in [0, 0.1) is 5.92 Å². The molecule has 1 aliphatic heterocycles. The smallest absolute Gasteiger partial charge is 0.407 e. The van der Waals surface area contributed by atoms with Crippen molar-refractivity contribution in [1.82, 2.24) is 9.62 Å². The van der Waals surface area contributed by atoms with Crippen LogP contribution in [0.4, 0.5) is 10.5 Å². The highest BCUT2D eigenvalue weighted by atomic mass is 32.2. The van der Waals surface area contributed by atoms with Gasteiger partial charge >= 0.3 is 12.1 Å². The van der Waals surface area contributed by atoms with Crippen LogP contribution in [0.25, 0.3) is 0 Å². The summed E-state index contributed by atoms with van der Waals surface area (Å²) in [4.78, 5) is 25.9. The van der Waals surface area contributed by atoms with E-state index in [9.17, 15) is 18.0 Å². The molecule has 0 unspecified atom stereocenters. The average Bonchev–Trinajstić information content (AvgIpc) is 3.45. The minimum atomic E-state index is -4.06. The van der Waals surface area contributed by atoms with Crippen LogP contribution in [-0.2, 0) is 40.2 Å². The minimum absolute atomic E-state index is 0.0296.